The van der Waals surface area contributed by atoms with E-state index in [1.54, 1.807) is 25.1 Å². The van der Waals surface area contributed by atoms with Crippen molar-refractivity contribution in [3.05, 3.63) is 35.0 Å². The number of benzene rings is 1. The summed E-state index contributed by atoms with van der Waals surface area (Å²) in [6.45, 7) is 2.97. The Labute approximate surface area is 188 Å². The summed E-state index contributed by atoms with van der Waals surface area (Å²) in [4.78, 5) is 26.2. The number of aromatic nitrogens is 1. The Bertz CT molecular complexity index is 1200. The van der Waals surface area contributed by atoms with E-state index in [1.807, 2.05) is 0 Å². The van der Waals surface area contributed by atoms with Gasteiger partial charge in [-0.25, -0.2) is 12.4 Å². The fourth-order valence-electron chi connectivity index (χ4n) is 4.53. The normalized spacial score (nSPS) is 17.8. The molecule has 1 amide bonds. The highest BCUT2D eigenvalue weighted by Gasteiger charge is 2.38. The third-order valence-electron chi connectivity index (χ3n) is 6.20. The van der Waals surface area contributed by atoms with Gasteiger partial charge in [-0.1, -0.05) is 0 Å². The van der Waals surface area contributed by atoms with Gasteiger partial charge in [0, 0.05) is 49.2 Å². The van der Waals surface area contributed by atoms with E-state index >= 15 is 0 Å². The number of halogens is 3. The SMILES string of the molecule is CCS(=O)(=O)n1c2c(c3cc(C(=O)N4CCC(C(=O)OC(F)(F)F)CC4)ccc31)CNCC2. The first kappa shape index (κ1) is 23.6. The summed E-state index contributed by atoms with van der Waals surface area (Å²) in [6.07, 6.45) is -4.32. The van der Waals surface area contributed by atoms with Crippen LogP contribution in [0.25, 0.3) is 10.9 Å². The number of fused-ring (bicyclic) bond motifs is 3. The van der Waals surface area contributed by atoms with Crippen LogP contribution < -0.4 is 5.32 Å². The van der Waals surface area contributed by atoms with Crippen molar-refractivity contribution in [2.75, 3.05) is 25.4 Å². The molecule has 8 nitrogen and oxygen atoms in total. The molecular weight excluding hydrogens is 463 g/mol. The smallest absolute Gasteiger partial charge is 0.373 e. The van der Waals surface area contributed by atoms with Crippen LogP contribution in [0.1, 0.15) is 41.4 Å². The van der Waals surface area contributed by atoms with E-state index in [0.29, 0.717) is 36.0 Å². The minimum atomic E-state index is -5.02. The molecule has 12 heteroatoms. The Kier molecular flexibility index (Phi) is 6.16. The van der Waals surface area contributed by atoms with Crippen molar-refractivity contribution in [3.63, 3.8) is 0 Å². The highest BCUT2D eigenvalue weighted by molar-refractivity contribution is 7.90. The number of amides is 1. The lowest BCUT2D eigenvalue weighted by Crippen LogP contribution is -2.41. The number of rotatable bonds is 4. The van der Waals surface area contributed by atoms with Crippen molar-refractivity contribution in [2.45, 2.75) is 39.1 Å². The Hall–Kier alpha value is -2.60. The molecule has 1 saturated heterocycles. The molecular formula is C21H24F3N3O5S. The van der Waals surface area contributed by atoms with Crippen molar-refractivity contribution in [1.29, 1.82) is 0 Å². The number of hydrogen-bond donors (Lipinski definition) is 1. The second-order valence-corrected chi connectivity index (χ2v) is 10.3. The summed E-state index contributed by atoms with van der Waals surface area (Å²) < 4.78 is 67.2. The van der Waals surface area contributed by atoms with Gasteiger partial charge in [-0.05, 0) is 43.5 Å². The second kappa shape index (κ2) is 8.64. The standard InChI is InChI=1S/C21H24F3N3O5S/c1-2-33(30,31)27-17-4-3-14(11-15(17)16-12-25-8-5-18(16)27)19(28)26-9-6-13(7-10-26)20(29)32-21(22,23)24/h3-4,11,13,25H,2,5-10,12H2,1H3. The number of piperidine rings is 1. The van der Waals surface area contributed by atoms with Gasteiger partial charge in [-0.2, -0.15) is 0 Å². The maximum atomic E-state index is 13.1. The molecule has 33 heavy (non-hydrogen) atoms. The summed E-state index contributed by atoms with van der Waals surface area (Å²) in [5, 5.41) is 3.92. The second-order valence-electron chi connectivity index (χ2n) is 8.18. The van der Waals surface area contributed by atoms with Gasteiger partial charge in [0.2, 0.25) is 10.0 Å². The van der Waals surface area contributed by atoms with Crippen LogP contribution in [0.2, 0.25) is 0 Å². The highest BCUT2D eigenvalue weighted by atomic mass is 32.2. The number of carbonyl (C=O) groups excluding carboxylic acids is 2. The minimum Gasteiger partial charge on any atom is -0.373 e. The molecule has 0 radical (unpaired) electrons. The first-order valence-electron chi connectivity index (χ1n) is 10.7. The van der Waals surface area contributed by atoms with Crippen LogP contribution in [0, 0.1) is 5.92 Å². The molecule has 4 rings (SSSR count). The van der Waals surface area contributed by atoms with E-state index in [0.717, 1.165) is 11.3 Å². The molecule has 2 aromatic rings. The number of carbonyl (C=O) groups is 2. The van der Waals surface area contributed by atoms with Crippen LogP contribution in [0.15, 0.2) is 18.2 Å². The lowest BCUT2D eigenvalue weighted by atomic mass is 9.96. The molecule has 1 aromatic heterocycles. The van der Waals surface area contributed by atoms with Gasteiger partial charge in [0.25, 0.3) is 5.91 Å². The van der Waals surface area contributed by atoms with Crippen molar-refractivity contribution < 1.29 is 35.9 Å². The molecule has 180 valence electrons. The largest absolute Gasteiger partial charge is 0.575 e. The van der Waals surface area contributed by atoms with Crippen molar-refractivity contribution in [1.82, 2.24) is 14.2 Å². The summed E-state index contributed by atoms with van der Waals surface area (Å²) in [6, 6.07) is 4.87. The van der Waals surface area contributed by atoms with Crippen molar-refractivity contribution in [3.8, 4) is 0 Å². The average Bonchev–Trinajstić information content (AvgIpc) is 3.12. The predicted octanol–water partition coefficient (Wildman–Crippen LogP) is 2.40. The first-order chi connectivity index (χ1) is 15.5. The number of esters is 1. The fraction of sp³-hybridized carbons (Fsp3) is 0.524. The van der Waals surface area contributed by atoms with Gasteiger partial charge >= 0.3 is 12.3 Å². The van der Waals surface area contributed by atoms with Crippen LogP contribution in [-0.2, 0) is 32.5 Å². The first-order valence-corrected chi connectivity index (χ1v) is 12.3. The molecule has 0 aliphatic carbocycles. The predicted molar refractivity (Wildman–Crippen MR) is 113 cm³/mol. The molecule has 0 saturated carbocycles. The Morgan fingerprint density at radius 2 is 1.91 bits per heavy atom. The Morgan fingerprint density at radius 1 is 1.21 bits per heavy atom. The molecule has 1 fully saturated rings. The highest BCUT2D eigenvalue weighted by Crippen LogP contribution is 2.32. The minimum absolute atomic E-state index is 0.0525. The van der Waals surface area contributed by atoms with Crippen LogP contribution in [0.4, 0.5) is 13.2 Å². The van der Waals surface area contributed by atoms with E-state index in [4.69, 9.17) is 0 Å². The van der Waals surface area contributed by atoms with Gasteiger partial charge in [0.05, 0.1) is 17.2 Å². The summed E-state index contributed by atoms with van der Waals surface area (Å²) in [5.74, 6) is -2.61. The van der Waals surface area contributed by atoms with Crippen molar-refractivity contribution >= 4 is 32.8 Å². The average molecular weight is 488 g/mol. The molecule has 0 bridgehead atoms. The lowest BCUT2D eigenvalue weighted by Gasteiger charge is -2.31. The van der Waals surface area contributed by atoms with Gasteiger partial charge in [-0.3, -0.25) is 9.59 Å². The number of hydrogen-bond acceptors (Lipinski definition) is 6. The third-order valence-corrected chi connectivity index (χ3v) is 7.90. The van der Waals surface area contributed by atoms with Crippen molar-refractivity contribution in [2.24, 2.45) is 5.92 Å². The molecule has 3 heterocycles. The topological polar surface area (TPSA) is 97.7 Å². The fourth-order valence-corrected chi connectivity index (χ4v) is 5.78. The number of likely N-dealkylation sites (tertiary alicyclic amines) is 1. The molecule has 0 unspecified atom stereocenters. The zero-order chi connectivity index (χ0) is 24.0. The van der Waals surface area contributed by atoms with E-state index in [-0.39, 0.29) is 37.6 Å². The van der Waals surface area contributed by atoms with Crippen LogP contribution in [-0.4, -0.2) is 60.9 Å². The summed E-state index contributed by atoms with van der Waals surface area (Å²) in [5.41, 5.74) is 2.45. The zero-order valence-corrected chi connectivity index (χ0v) is 18.8. The van der Waals surface area contributed by atoms with Crippen LogP contribution >= 0.6 is 0 Å². The van der Waals surface area contributed by atoms with E-state index < -0.39 is 28.3 Å². The number of alkyl halides is 3. The zero-order valence-electron chi connectivity index (χ0n) is 17.9. The quantitative estimate of drug-likeness (QED) is 0.666. The van der Waals surface area contributed by atoms with Gasteiger partial charge in [-0.15, -0.1) is 13.2 Å². The van der Waals surface area contributed by atoms with E-state index in [1.165, 1.54) is 8.87 Å². The van der Waals surface area contributed by atoms with Crippen LogP contribution in [0.5, 0.6) is 0 Å². The molecule has 0 atom stereocenters. The van der Waals surface area contributed by atoms with E-state index in [9.17, 15) is 31.2 Å². The monoisotopic (exact) mass is 487 g/mol. The van der Waals surface area contributed by atoms with E-state index in [2.05, 4.69) is 10.1 Å². The van der Waals surface area contributed by atoms with Crippen LogP contribution in [0.3, 0.4) is 0 Å². The molecule has 0 spiro atoms. The lowest BCUT2D eigenvalue weighted by molar-refractivity contribution is -0.308. The molecule has 1 N–H and O–H groups in total. The maximum absolute atomic E-state index is 13.1. The summed E-state index contributed by atoms with van der Waals surface area (Å²) in [7, 11) is -3.53. The maximum Gasteiger partial charge on any atom is 0.575 e. The third kappa shape index (κ3) is 4.58. The molecule has 2 aliphatic heterocycles. The Balaban J connectivity index is 1.58. The van der Waals surface area contributed by atoms with Gasteiger partial charge in [0.15, 0.2) is 0 Å². The number of nitrogens with zero attached hydrogens (tertiary/aromatic N) is 2. The Morgan fingerprint density at radius 3 is 2.55 bits per heavy atom. The molecule has 2 aliphatic rings. The summed E-state index contributed by atoms with van der Waals surface area (Å²) >= 11 is 0. The number of ether oxygens (including phenoxy) is 1. The number of nitrogens with one attached hydrogen (secondary N) is 1. The van der Waals surface area contributed by atoms with Gasteiger partial charge < -0.3 is 15.0 Å². The van der Waals surface area contributed by atoms with Gasteiger partial charge in [0.1, 0.15) is 0 Å². The molecule has 1 aromatic carbocycles.